The highest BCUT2D eigenvalue weighted by molar-refractivity contribution is 5.57. The van der Waals surface area contributed by atoms with Crippen molar-refractivity contribution >= 4 is 0 Å². The number of pyridine rings is 1. The summed E-state index contributed by atoms with van der Waals surface area (Å²) in [5, 5.41) is 3.75. The van der Waals surface area contributed by atoms with Gasteiger partial charge in [0.25, 0.3) is 5.56 Å². The van der Waals surface area contributed by atoms with Gasteiger partial charge in [-0.05, 0) is 44.0 Å². The number of rotatable bonds is 5. The third kappa shape index (κ3) is 3.88. The van der Waals surface area contributed by atoms with Gasteiger partial charge in [-0.2, -0.15) is 0 Å². The van der Waals surface area contributed by atoms with Crippen molar-refractivity contribution < 1.29 is 4.52 Å². The molecule has 1 aliphatic heterocycles. The quantitative estimate of drug-likeness (QED) is 0.701. The summed E-state index contributed by atoms with van der Waals surface area (Å²) in [6, 6.07) is 5.32. The molecule has 1 fully saturated rings. The Morgan fingerprint density at radius 2 is 2.00 bits per heavy atom. The van der Waals surface area contributed by atoms with E-state index in [0.29, 0.717) is 11.6 Å². The molecule has 7 heteroatoms. The molecule has 0 aromatic carbocycles. The summed E-state index contributed by atoms with van der Waals surface area (Å²) < 4.78 is 6.61. The third-order valence-corrected chi connectivity index (χ3v) is 4.91. The normalized spacial score (nSPS) is 16.0. The van der Waals surface area contributed by atoms with Crippen LogP contribution < -0.4 is 5.56 Å². The smallest absolute Gasteiger partial charge is 0.253 e. The van der Waals surface area contributed by atoms with Crippen LogP contribution in [0.1, 0.15) is 18.4 Å². The summed E-state index contributed by atoms with van der Waals surface area (Å²) in [5.41, 5.74) is 2.71. The number of piperidine rings is 1. The third-order valence-electron chi connectivity index (χ3n) is 4.91. The second-order valence-electron chi connectivity index (χ2n) is 6.75. The minimum Gasteiger partial charge on any atom is -0.364 e. The Kier molecular flexibility index (Phi) is 4.88. The molecule has 0 N–H and O–H groups in total. The summed E-state index contributed by atoms with van der Waals surface area (Å²) in [7, 11) is 0. The van der Waals surface area contributed by atoms with Gasteiger partial charge in [0.2, 0.25) is 0 Å². The van der Waals surface area contributed by atoms with Gasteiger partial charge in [-0.1, -0.05) is 5.16 Å². The number of nitrogens with zero attached hydrogens (tertiary/aromatic N) is 5. The maximum absolute atomic E-state index is 12.4. The van der Waals surface area contributed by atoms with E-state index in [2.05, 4.69) is 20.0 Å². The number of hydrogen-bond donors (Lipinski definition) is 0. The number of hydrogen-bond acceptors (Lipinski definition) is 6. The predicted molar refractivity (Wildman–Crippen MR) is 96.2 cm³/mol. The van der Waals surface area contributed by atoms with E-state index in [1.165, 1.54) is 0 Å². The Hall–Kier alpha value is -2.80. The average Bonchev–Trinajstić information content (AvgIpc) is 3.19. The van der Waals surface area contributed by atoms with E-state index in [0.717, 1.165) is 50.1 Å². The molecule has 4 rings (SSSR count). The van der Waals surface area contributed by atoms with Gasteiger partial charge in [0, 0.05) is 42.7 Å². The van der Waals surface area contributed by atoms with Crippen LogP contribution in [0.4, 0.5) is 0 Å². The van der Waals surface area contributed by atoms with Gasteiger partial charge in [0.15, 0.2) is 0 Å². The highest BCUT2D eigenvalue weighted by Crippen LogP contribution is 2.20. The molecule has 134 valence electrons. The van der Waals surface area contributed by atoms with Crippen molar-refractivity contribution in [3.8, 4) is 11.3 Å². The summed E-state index contributed by atoms with van der Waals surface area (Å²) in [6.07, 6.45) is 10.7. The van der Waals surface area contributed by atoms with E-state index in [-0.39, 0.29) is 5.56 Å². The molecule has 0 amide bonds. The van der Waals surface area contributed by atoms with Gasteiger partial charge in [0.1, 0.15) is 6.26 Å². The van der Waals surface area contributed by atoms with E-state index >= 15 is 0 Å². The second kappa shape index (κ2) is 7.61. The van der Waals surface area contributed by atoms with E-state index in [1.807, 2.05) is 12.1 Å². The first kappa shape index (κ1) is 16.7. The van der Waals surface area contributed by atoms with Gasteiger partial charge in [-0.15, -0.1) is 0 Å². The van der Waals surface area contributed by atoms with Crippen LogP contribution in [0.25, 0.3) is 11.3 Å². The van der Waals surface area contributed by atoms with Gasteiger partial charge in [0.05, 0.1) is 18.2 Å². The summed E-state index contributed by atoms with van der Waals surface area (Å²) in [5.74, 6) is 0.500. The van der Waals surface area contributed by atoms with Gasteiger partial charge in [-0.3, -0.25) is 19.2 Å². The fourth-order valence-electron chi connectivity index (χ4n) is 3.41. The molecule has 0 spiro atoms. The van der Waals surface area contributed by atoms with Crippen LogP contribution in [0.3, 0.4) is 0 Å². The SMILES string of the molecule is O=c1cc(-c2ccncc2)ncn1CC1CCN(Cc2cnoc2)CC1. The molecule has 0 unspecified atom stereocenters. The van der Waals surface area contributed by atoms with E-state index in [9.17, 15) is 4.79 Å². The standard InChI is InChI=1S/C19H21N5O2/c25-19-9-18(17-1-5-20-6-2-17)21-14-24(19)12-15-3-7-23(8-4-15)11-16-10-22-26-13-16/h1-2,5-6,9-10,13-15H,3-4,7-8,11-12H2. The van der Waals surface area contributed by atoms with Crippen molar-refractivity contribution in [2.45, 2.75) is 25.9 Å². The minimum atomic E-state index is -0.00119. The molecule has 26 heavy (non-hydrogen) atoms. The van der Waals surface area contributed by atoms with E-state index in [1.54, 1.807) is 41.8 Å². The van der Waals surface area contributed by atoms with Crippen LogP contribution in [0.5, 0.6) is 0 Å². The topological polar surface area (TPSA) is 77.1 Å². The average molecular weight is 351 g/mol. The molecule has 4 heterocycles. The molecule has 0 atom stereocenters. The largest absolute Gasteiger partial charge is 0.364 e. The summed E-state index contributed by atoms with van der Waals surface area (Å²) in [6.45, 7) is 3.64. The fourth-order valence-corrected chi connectivity index (χ4v) is 3.41. The lowest BCUT2D eigenvalue weighted by Gasteiger charge is -2.31. The van der Waals surface area contributed by atoms with Crippen LogP contribution in [-0.2, 0) is 13.1 Å². The Labute approximate surface area is 151 Å². The Morgan fingerprint density at radius 3 is 2.69 bits per heavy atom. The Bertz CT molecular complexity index is 884. The zero-order chi connectivity index (χ0) is 17.8. The number of aromatic nitrogens is 4. The Balaban J connectivity index is 1.35. The first-order valence-corrected chi connectivity index (χ1v) is 8.85. The highest BCUT2D eigenvalue weighted by atomic mass is 16.5. The maximum atomic E-state index is 12.4. The van der Waals surface area contributed by atoms with E-state index < -0.39 is 0 Å². The highest BCUT2D eigenvalue weighted by Gasteiger charge is 2.20. The van der Waals surface area contributed by atoms with Gasteiger partial charge < -0.3 is 4.52 Å². The molecule has 0 saturated carbocycles. The molecule has 7 nitrogen and oxygen atoms in total. The Morgan fingerprint density at radius 1 is 1.19 bits per heavy atom. The van der Waals surface area contributed by atoms with Gasteiger partial charge in [-0.25, -0.2) is 4.98 Å². The zero-order valence-corrected chi connectivity index (χ0v) is 14.5. The minimum absolute atomic E-state index is 0.00119. The van der Waals surface area contributed by atoms with Crippen LogP contribution >= 0.6 is 0 Å². The molecular formula is C19H21N5O2. The summed E-state index contributed by atoms with van der Waals surface area (Å²) >= 11 is 0. The van der Waals surface area contributed by atoms with Gasteiger partial charge >= 0.3 is 0 Å². The van der Waals surface area contributed by atoms with Crippen LogP contribution in [0, 0.1) is 5.92 Å². The lowest BCUT2D eigenvalue weighted by atomic mass is 9.96. The monoisotopic (exact) mass is 351 g/mol. The van der Waals surface area contributed by atoms with Crippen molar-refractivity contribution in [1.29, 1.82) is 0 Å². The second-order valence-corrected chi connectivity index (χ2v) is 6.75. The molecule has 3 aromatic rings. The van der Waals surface area contributed by atoms with Crippen molar-refractivity contribution in [1.82, 2.24) is 24.6 Å². The van der Waals surface area contributed by atoms with Crippen LogP contribution in [0.2, 0.25) is 0 Å². The van der Waals surface area contributed by atoms with Crippen LogP contribution in [-0.4, -0.2) is 37.7 Å². The molecule has 1 saturated heterocycles. The zero-order valence-electron chi connectivity index (χ0n) is 14.5. The molecule has 3 aromatic heterocycles. The molecule has 0 aliphatic carbocycles. The van der Waals surface area contributed by atoms with Crippen molar-refractivity contribution in [3.63, 3.8) is 0 Å². The van der Waals surface area contributed by atoms with Crippen molar-refractivity contribution in [2.75, 3.05) is 13.1 Å². The summed E-state index contributed by atoms with van der Waals surface area (Å²) in [4.78, 5) is 23.3. The molecular weight excluding hydrogens is 330 g/mol. The first-order chi connectivity index (χ1) is 12.8. The van der Waals surface area contributed by atoms with E-state index in [4.69, 9.17) is 4.52 Å². The lowest BCUT2D eigenvalue weighted by Crippen LogP contribution is -2.35. The maximum Gasteiger partial charge on any atom is 0.253 e. The molecule has 0 radical (unpaired) electrons. The van der Waals surface area contributed by atoms with Crippen molar-refractivity contribution in [3.05, 3.63) is 65.3 Å². The molecule has 0 bridgehead atoms. The lowest BCUT2D eigenvalue weighted by molar-refractivity contribution is 0.166. The van der Waals surface area contributed by atoms with Crippen molar-refractivity contribution in [2.24, 2.45) is 5.92 Å². The predicted octanol–water partition coefficient (Wildman–Crippen LogP) is 2.21. The van der Waals surface area contributed by atoms with Crippen LogP contribution in [0.15, 0.2) is 58.7 Å². The first-order valence-electron chi connectivity index (χ1n) is 8.85. The number of likely N-dealkylation sites (tertiary alicyclic amines) is 1. The molecule has 1 aliphatic rings. The fraction of sp³-hybridized carbons (Fsp3) is 0.368.